The summed E-state index contributed by atoms with van der Waals surface area (Å²) in [4.78, 5) is 6.79. The first-order valence-corrected chi connectivity index (χ1v) is 7.90. The zero-order chi connectivity index (χ0) is 14.9. The maximum atomic E-state index is 13.4. The number of aliphatic imine (C=N–C) groups is 1. The van der Waals surface area contributed by atoms with Crippen molar-refractivity contribution in [1.82, 2.24) is 4.90 Å². The summed E-state index contributed by atoms with van der Waals surface area (Å²) in [5, 5.41) is 0. The van der Waals surface area contributed by atoms with Gasteiger partial charge in [0.15, 0.2) is 5.96 Å². The first-order valence-electron chi connectivity index (χ1n) is 7.90. The van der Waals surface area contributed by atoms with Crippen molar-refractivity contribution in [2.45, 2.75) is 38.0 Å². The highest BCUT2D eigenvalue weighted by Gasteiger charge is 2.44. The van der Waals surface area contributed by atoms with E-state index >= 15 is 0 Å². The molecule has 3 nitrogen and oxygen atoms in total. The minimum absolute atomic E-state index is 0. The number of nitrogens with zero attached hydrogens (tertiary/aromatic N) is 2. The van der Waals surface area contributed by atoms with Gasteiger partial charge in [-0.2, -0.15) is 0 Å². The molecule has 1 aromatic rings. The van der Waals surface area contributed by atoms with Gasteiger partial charge in [0.1, 0.15) is 5.82 Å². The first kappa shape index (κ1) is 17.5. The molecule has 1 aliphatic carbocycles. The molecule has 1 saturated heterocycles. The Balaban J connectivity index is 0.00000176. The molecule has 0 radical (unpaired) electrons. The molecule has 3 rings (SSSR count). The van der Waals surface area contributed by atoms with Gasteiger partial charge in [-0.25, -0.2) is 4.39 Å². The van der Waals surface area contributed by atoms with Crippen molar-refractivity contribution < 1.29 is 4.39 Å². The van der Waals surface area contributed by atoms with Gasteiger partial charge in [-0.1, -0.05) is 19.1 Å². The summed E-state index contributed by atoms with van der Waals surface area (Å²) in [7, 11) is 0. The number of nitrogens with two attached hydrogens (primary N) is 1. The Kier molecular flexibility index (Phi) is 5.69. The lowest BCUT2D eigenvalue weighted by molar-refractivity contribution is 0.277. The summed E-state index contributed by atoms with van der Waals surface area (Å²) in [5.41, 5.74) is 7.22. The first-order chi connectivity index (χ1) is 10.1. The van der Waals surface area contributed by atoms with Crippen molar-refractivity contribution in [2.24, 2.45) is 16.6 Å². The van der Waals surface area contributed by atoms with E-state index in [4.69, 9.17) is 5.73 Å². The average molecular weight is 417 g/mol. The Bertz CT molecular complexity index is 534. The second kappa shape index (κ2) is 7.15. The molecule has 0 atom stereocenters. The molecule has 0 aromatic heterocycles. The molecule has 5 heteroatoms. The molecule has 2 aliphatic rings. The van der Waals surface area contributed by atoms with Crippen molar-refractivity contribution in [1.29, 1.82) is 0 Å². The molecule has 1 heterocycles. The highest BCUT2D eigenvalue weighted by atomic mass is 127. The van der Waals surface area contributed by atoms with Crippen LogP contribution in [0.1, 0.15) is 38.2 Å². The summed E-state index contributed by atoms with van der Waals surface area (Å²) in [6.45, 7) is 4.97. The van der Waals surface area contributed by atoms with Crippen LogP contribution < -0.4 is 5.73 Å². The molecule has 122 valence electrons. The van der Waals surface area contributed by atoms with Gasteiger partial charge in [0.2, 0.25) is 0 Å². The second-order valence-electron chi connectivity index (χ2n) is 6.63. The largest absolute Gasteiger partial charge is 0.370 e. The summed E-state index contributed by atoms with van der Waals surface area (Å²) < 4.78 is 13.4. The fourth-order valence-electron chi connectivity index (χ4n) is 3.08. The minimum Gasteiger partial charge on any atom is -0.370 e. The highest BCUT2D eigenvalue weighted by Crippen LogP contribution is 2.48. The number of hydrogen-bond donors (Lipinski definition) is 1. The van der Waals surface area contributed by atoms with Crippen molar-refractivity contribution in [2.75, 3.05) is 19.6 Å². The lowest BCUT2D eigenvalue weighted by Gasteiger charge is -2.31. The number of guanidine groups is 1. The molecular weight excluding hydrogens is 392 g/mol. The Morgan fingerprint density at radius 1 is 1.36 bits per heavy atom. The van der Waals surface area contributed by atoms with E-state index in [0.29, 0.717) is 12.5 Å². The van der Waals surface area contributed by atoms with Crippen molar-refractivity contribution in [3.05, 3.63) is 35.6 Å². The van der Waals surface area contributed by atoms with Crippen LogP contribution in [-0.2, 0) is 5.41 Å². The van der Waals surface area contributed by atoms with Gasteiger partial charge in [0.05, 0.1) is 6.54 Å². The van der Waals surface area contributed by atoms with E-state index in [0.717, 1.165) is 37.4 Å². The maximum Gasteiger partial charge on any atom is 0.191 e. The van der Waals surface area contributed by atoms with Crippen LogP contribution in [-0.4, -0.2) is 30.5 Å². The molecule has 0 bridgehead atoms. The summed E-state index contributed by atoms with van der Waals surface area (Å²) >= 11 is 0. The number of rotatable bonds is 3. The van der Waals surface area contributed by atoms with Gasteiger partial charge < -0.3 is 10.6 Å². The molecule has 0 unspecified atom stereocenters. The SMILES string of the molecule is CC1CCN(C(N)=NCC2(c3cccc(F)c3)CC2)CC1.I. The Morgan fingerprint density at radius 2 is 2.05 bits per heavy atom. The van der Waals surface area contributed by atoms with Crippen LogP contribution in [0.15, 0.2) is 29.3 Å². The van der Waals surface area contributed by atoms with E-state index in [1.165, 1.54) is 18.9 Å². The molecule has 2 fully saturated rings. The topological polar surface area (TPSA) is 41.6 Å². The molecule has 1 aromatic carbocycles. The van der Waals surface area contributed by atoms with Crippen LogP contribution in [0, 0.1) is 11.7 Å². The molecule has 0 amide bonds. The van der Waals surface area contributed by atoms with Gasteiger partial charge in [-0.15, -0.1) is 24.0 Å². The zero-order valence-electron chi connectivity index (χ0n) is 13.1. The molecule has 0 spiro atoms. The minimum atomic E-state index is -0.166. The maximum absolute atomic E-state index is 13.4. The predicted molar refractivity (Wildman–Crippen MR) is 99.2 cm³/mol. The smallest absolute Gasteiger partial charge is 0.191 e. The number of benzene rings is 1. The lowest BCUT2D eigenvalue weighted by atomic mass is 9.96. The molecule has 1 saturated carbocycles. The number of hydrogen-bond acceptors (Lipinski definition) is 1. The molecular formula is C17H25FIN3. The monoisotopic (exact) mass is 417 g/mol. The lowest BCUT2D eigenvalue weighted by Crippen LogP contribution is -2.42. The van der Waals surface area contributed by atoms with Crippen LogP contribution >= 0.6 is 24.0 Å². The Morgan fingerprint density at radius 3 is 2.64 bits per heavy atom. The summed E-state index contributed by atoms with van der Waals surface area (Å²) in [6, 6.07) is 6.92. The van der Waals surface area contributed by atoms with Gasteiger partial charge in [-0.3, -0.25) is 4.99 Å². The van der Waals surface area contributed by atoms with Gasteiger partial charge in [-0.05, 0) is 49.3 Å². The van der Waals surface area contributed by atoms with E-state index in [-0.39, 0.29) is 35.2 Å². The van der Waals surface area contributed by atoms with Crippen molar-refractivity contribution in [3.8, 4) is 0 Å². The Hall–Kier alpha value is -0.850. The second-order valence-corrected chi connectivity index (χ2v) is 6.63. The molecule has 1 aliphatic heterocycles. The van der Waals surface area contributed by atoms with E-state index in [1.54, 1.807) is 12.1 Å². The van der Waals surface area contributed by atoms with Gasteiger partial charge in [0, 0.05) is 18.5 Å². The van der Waals surface area contributed by atoms with E-state index < -0.39 is 0 Å². The predicted octanol–water partition coefficient (Wildman–Crippen LogP) is 3.52. The third-order valence-electron chi connectivity index (χ3n) is 4.94. The molecule has 2 N–H and O–H groups in total. The number of piperidine rings is 1. The third kappa shape index (κ3) is 3.91. The average Bonchev–Trinajstić information content (AvgIpc) is 3.27. The normalized spacial score (nSPS) is 21.4. The van der Waals surface area contributed by atoms with Crippen molar-refractivity contribution >= 4 is 29.9 Å². The fraction of sp³-hybridized carbons (Fsp3) is 0.588. The quantitative estimate of drug-likeness (QED) is 0.465. The summed E-state index contributed by atoms with van der Waals surface area (Å²) in [6.07, 6.45) is 4.52. The fourth-order valence-corrected chi connectivity index (χ4v) is 3.08. The van der Waals surface area contributed by atoms with E-state index in [9.17, 15) is 4.39 Å². The van der Waals surface area contributed by atoms with E-state index in [2.05, 4.69) is 16.8 Å². The van der Waals surface area contributed by atoms with Crippen LogP contribution in [0.4, 0.5) is 4.39 Å². The highest BCUT2D eigenvalue weighted by molar-refractivity contribution is 14.0. The summed E-state index contributed by atoms with van der Waals surface area (Å²) in [5.74, 6) is 1.28. The van der Waals surface area contributed by atoms with Crippen LogP contribution in [0.25, 0.3) is 0 Å². The third-order valence-corrected chi connectivity index (χ3v) is 4.94. The van der Waals surface area contributed by atoms with Crippen molar-refractivity contribution in [3.63, 3.8) is 0 Å². The standard InChI is InChI=1S/C17H24FN3.HI/c1-13-5-9-21(10-6-13)16(19)20-12-17(7-8-17)14-3-2-4-15(18)11-14;/h2-4,11,13H,5-10,12H2,1H3,(H2,19,20);1H. The number of halogens is 2. The Labute approximate surface area is 149 Å². The van der Waals surface area contributed by atoms with Crippen LogP contribution in [0.2, 0.25) is 0 Å². The molecule has 22 heavy (non-hydrogen) atoms. The zero-order valence-corrected chi connectivity index (χ0v) is 15.4. The van der Waals surface area contributed by atoms with Crippen LogP contribution in [0.3, 0.4) is 0 Å². The van der Waals surface area contributed by atoms with Gasteiger partial charge in [0.25, 0.3) is 0 Å². The van der Waals surface area contributed by atoms with E-state index in [1.807, 2.05) is 6.07 Å². The van der Waals surface area contributed by atoms with Gasteiger partial charge >= 0.3 is 0 Å². The number of likely N-dealkylation sites (tertiary alicyclic amines) is 1. The van der Waals surface area contributed by atoms with Crippen LogP contribution in [0.5, 0.6) is 0 Å².